The van der Waals surface area contributed by atoms with Gasteiger partial charge in [-0.15, -0.1) is 0 Å². The number of hydrogen-bond donors (Lipinski definition) is 6. The van der Waals surface area contributed by atoms with Crippen LogP contribution in [0.5, 0.6) is 0 Å². The van der Waals surface area contributed by atoms with Crippen molar-refractivity contribution in [2.24, 2.45) is 0 Å². The van der Waals surface area contributed by atoms with E-state index >= 15 is 0 Å². The Morgan fingerprint density at radius 1 is 0.867 bits per heavy atom. The molecular formula is H8K2O9S4. The maximum atomic E-state index is 9.05. The van der Waals surface area contributed by atoms with Gasteiger partial charge in [0.1, 0.15) is 0 Å². The van der Waals surface area contributed by atoms with Gasteiger partial charge in [0.05, 0.1) is 0 Å². The zero-order valence-corrected chi connectivity index (χ0v) is 8.88. The van der Waals surface area contributed by atoms with E-state index in [1.165, 1.54) is 0 Å². The molecule has 0 heterocycles. The summed E-state index contributed by atoms with van der Waals surface area (Å²) >= 11 is -2.57. The van der Waals surface area contributed by atoms with Gasteiger partial charge >= 0.3 is 112 Å². The van der Waals surface area contributed by atoms with Crippen LogP contribution in [0.25, 0.3) is 0 Å². The Hall–Kier alpha value is 3.67. The summed E-state index contributed by atoms with van der Waals surface area (Å²) in [4.78, 5) is 0. The zero-order valence-electron chi connectivity index (χ0n) is 5.54. The topological polar surface area (TPSA) is 169 Å². The predicted molar refractivity (Wildman–Crippen MR) is 61.6 cm³/mol. The standard InChI is InChI=1S/2K.H2O3S2.2H2O3S.2H/c;;1-5(2,3)4;2*1-4(2)3;;/h;;(H2,1,2,3,4);2*(H2,1,2,3);;. The van der Waals surface area contributed by atoms with Crippen molar-refractivity contribution < 1.29 is 39.6 Å². The fourth-order valence-corrected chi connectivity index (χ4v) is 0. The average Bonchev–Trinajstić information content (AvgIpc) is 1.50. The number of rotatable bonds is 0. The Labute approximate surface area is 181 Å². The van der Waals surface area contributed by atoms with Crippen molar-refractivity contribution in [1.82, 2.24) is 0 Å². The molecule has 88 valence electrons. The summed E-state index contributed by atoms with van der Waals surface area (Å²) in [6.45, 7) is 0. The fraction of sp³-hybridized carbons (Fsp3) is 0. The molecule has 0 fully saturated rings. The van der Waals surface area contributed by atoms with Crippen LogP contribution in [0.4, 0.5) is 0 Å². The van der Waals surface area contributed by atoms with Crippen LogP contribution < -0.4 is 0 Å². The van der Waals surface area contributed by atoms with Gasteiger partial charge in [-0.25, -0.2) is 0 Å². The fourth-order valence-electron chi connectivity index (χ4n) is 0. The van der Waals surface area contributed by atoms with Crippen LogP contribution in [0.2, 0.25) is 0 Å². The van der Waals surface area contributed by atoms with Crippen molar-refractivity contribution in [3.8, 4) is 0 Å². The molecule has 0 rings (SSSR count). The normalized spacial score (nSPS) is 8.53. The van der Waals surface area contributed by atoms with E-state index in [-0.39, 0.29) is 103 Å². The second kappa shape index (κ2) is 20.0. The molecule has 15 heavy (non-hydrogen) atoms. The van der Waals surface area contributed by atoms with E-state index in [0.717, 1.165) is 0 Å². The molecule has 0 saturated heterocycles. The molecule has 5 N–H and O–H groups in total. The molecule has 0 radical (unpaired) electrons. The Morgan fingerprint density at radius 3 is 0.867 bits per heavy atom. The summed E-state index contributed by atoms with van der Waals surface area (Å²) in [5.41, 5.74) is 0. The third kappa shape index (κ3) is 322. The van der Waals surface area contributed by atoms with Crippen molar-refractivity contribution in [2.45, 2.75) is 0 Å². The summed E-state index contributed by atoms with van der Waals surface area (Å²) < 4.78 is 71.1. The van der Waals surface area contributed by atoms with E-state index in [9.17, 15) is 0 Å². The van der Waals surface area contributed by atoms with Crippen molar-refractivity contribution >= 4 is 146 Å². The van der Waals surface area contributed by atoms with E-state index in [1.54, 1.807) is 0 Å². The van der Waals surface area contributed by atoms with Gasteiger partial charge in [0.15, 0.2) is 0 Å². The van der Waals surface area contributed by atoms with Crippen LogP contribution in [0.3, 0.4) is 0 Å². The molecular weight excluding hydrogens is 350 g/mol. The average molecular weight is 359 g/mol. The Kier molecular flexibility index (Phi) is 41.6. The van der Waals surface area contributed by atoms with E-state index in [1.807, 2.05) is 0 Å². The van der Waals surface area contributed by atoms with Crippen LogP contribution in [0, 0.1) is 0 Å². The molecule has 0 amide bonds. The zero-order chi connectivity index (χ0) is 11.7. The first-order chi connectivity index (χ1) is 5.46. The van der Waals surface area contributed by atoms with Crippen molar-refractivity contribution in [3.63, 3.8) is 0 Å². The van der Waals surface area contributed by atoms with Crippen molar-refractivity contribution in [3.05, 3.63) is 0 Å². The summed E-state index contributed by atoms with van der Waals surface area (Å²) in [6.07, 6.45) is 0. The summed E-state index contributed by atoms with van der Waals surface area (Å²) in [7, 11) is -3.97. The Bertz CT molecular complexity index is 215. The quantitative estimate of drug-likeness (QED) is 0.0923. The van der Waals surface area contributed by atoms with E-state index in [2.05, 4.69) is 11.7 Å². The molecule has 0 aliphatic rings. The molecule has 0 aliphatic carbocycles. The summed E-state index contributed by atoms with van der Waals surface area (Å²) in [5, 5.41) is 0. The molecule has 15 heteroatoms. The number of thiol groups is 1. The predicted octanol–water partition coefficient (Wildman–Crippen LogP) is -2.22. The van der Waals surface area contributed by atoms with Gasteiger partial charge in [-0.3, -0.25) is 22.8 Å². The van der Waals surface area contributed by atoms with Crippen molar-refractivity contribution in [1.29, 1.82) is 0 Å². The van der Waals surface area contributed by atoms with Gasteiger partial charge in [0.25, 0.3) is 22.7 Å². The van der Waals surface area contributed by atoms with Crippen LogP contribution in [-0.4, -0.2) is 142 Å². The molecule has 0 aromatic heterocycles. The summed E-state index contributed by atoms with van der Waals surface area (Å²) in [6, 6.07) is 0. The van der Waals surface area contributed by atoms with E-state index < -0.39 is 31.9 Å². The van der Waals surface area contributed by atoms with Crippen LogP contribution >= 0.6 is 11.7 Å². The van der Waals surface area contributed by atoms with Gasteiger partial charge in [0.2, 0.25) is 0 Å². The molecule has 9 nitrogen and oxygen atoms in total. The second-order valence-corrected chi connectivity index (χ2v) is 4.11. The van der Waals surface area contributed by atoms with Crippen LogP contribution in [0.15, 0.2) is 0 Å². The van der Waals surface area contributed by atoms with E-state index in [0.29, 0.717) is 0 Å². The molecule has 0 unspecified atom stereocenters. The Balaban J connectivity index is -0.0000000315. The molecule has 0 saturated carbocycles. The Morgan fingerprint density at radius 2 is 0.867 bits per heavy atom. The van der Waals surface area contributed by atoms with Crippen LogP contribution in [-0.2, 0) is 31.9 Å². The van der Waals surface area contributed by atoms with Gasteiger partial charge < -0.3 is 0 Å². The third-order valence-corrected chi connectivity index (χ3v) is 0. The second-order valence-electron chi connectivity index (χ2n) is 0.909. The molecule has 0 atom stereocenters. The third-order valence-electron chi connectivity index (χ3n) is 0. The van der Waals surface area contributed by atoms with Crippen LogP contribution in [0.1, 0.15) is 0 Å². The molecule has 0 aromatic carbocycles. The van der Waals surface area contributed by atoms with Gasteiger partial charge in [-0.05, 0) is 11.7 Å². The first-order valence-electron chi connectivity index (χ1n) is 1.76. The van der Waals surface area contributed by atoms with E-state index in [4.69, 9.17) is 39.6 Å². The van der Waals surface area contributed by atoms with Gasteiger partial charge in [-0.1, -0.05) is 0 Å². The molecule has 0 aromatic rings. The van der Waals surface area contributed by atoms with Gasteiger partial charge in [-0.2, -0.15) is 16.8 Å². The minimum absolute atomic E-state index is 0. The first kappa shape index (κ1) is 31.2. The van der Waals surface area contributed by atoms with Gasteiger partial charge in [0, 0.05) is 0 Å². The minimum atomic E-state index is -3.97. The van der Waals surface area contributed by atoms with Crippen molar-refractivity contribution in [2.75, 3.05) is 0 Å². The molecule has 0 bridgehead atoms. The molecule has 0 aliphatic heterocycles. The summed E-state index contributed by atoms with van der Waals surface area (Å²) in [5.74, 6) is 0. The molecule has 0 spiro atoms. The monoisotopic (exact) mass is 358 g/mol. The number of hydrogen-bond acceptors (Lipinski definition) is 4. The maximum absolute atomic E-state index is 9.05. The SMILES string of the molecule is O=S(=O)(O)S.O=S(O)O.O=S(O)O.[KH].[KH]. The first-order valence-corrected chi connectivity index (χ1v) is 6.38.